The van der Waals surface area contributed by atoms with Crippen molar-refractivity contribution in [3.8, 4) is 6.07 Å². The maximum absolute atomic E-state index is 13.9. The molecule has 10 heteroatoms. The number of likely N-dealkylation sites (tertiary alicyclic amines) is 1. The predicted molar refractivity (Wildman–Crippen MR) is 140 cm³/mol. The van der Waals surface area contributed by atoms with E-state index in [2.05, 4.69) is 40.5 Å². The number of carbonyl (C=O) groups is 3. The molecule has 3 N–H and O–H groups in total. The topological polar surface area (TPSA) is 148 Å². The quantitative estimate of drug-likeness (QED) is 0.528. The molecule has 2 aliphatic rings. The van der Waals surface area contributed by atoms with Gasteiger partial charge in [0.05, 0.1) is 11.6 Å². The van der Waals surface area contributed by atoms with E-state index in [4.69, 9.17) is 0 Å². The van der Waals surface area contributed by atoms with Crippen molar-refractivity contribution in [2.24, 2.45) is 22.7 Å². The molecule has 4 rings (SSSR count). The second-order valence-corrected chi connectivity index (χ2v) is 12.6. The summed E-state index contributed by atoms with van der Waals surface area (Å²) in [5.41, 5.74) is -1.45. The van der Waals surface area contributed by atoms with Gasteiger partial charge in [-0.1, -0.05) is 34.6 Å². The van der Waals surface area contributed by atoms with Crippen molar-refractivity contribution in [1.82, 2.24) is 25.5 Å². The number of piperidine rings is 1. The summed E-state index contributed by atoms with van der Waals surface area (Å²) in [6.07, 6.45) is 4.78. The molecule has 2 aromatic rings. The molecule has 2 fully saturated rings. The van der Waals surface area contributed by atoms with Gasteiger partial charge in [0.1, 0.15) is 23.7 Å². The Labute approximate surface area is 222 Å². The number of nitrogens with one attached hydrogen (secondary N) is 2. The van der Waals surface area contributed by atoms with Gasteiger partial charge < -0.3 is 20.6 Å². The number of carbonyl (C=O) groups excluding carboxylic acids is 3. The summed E-state index contributed by atoms with van der Waals surface area (Å²) < 4.78 is 0. The number of aromatic nitrogens is 2. The molecule has 3 amide bonds. The fourth-order valence-electron chi connectivity index (χ4n) is 5.58. The maximum Gasteiger partial charge on any atom is 0.252 e. The minimum Gasteiger partial charge on any atom is -0.381 e. The average molecular weight is 521 g/mol. The van der Waals surface area contributed by atoms with Gasteiger partial charge in [-0.15, -0.1) is 0 Å². The Morgan fingerprint density at radius 2 is 1.87 bits per heavy atom. The zero-order valence-electron chi connectivity index (χ0n) is 22.9. The lowest BCUT2D eigenvalue weighted by Crippen LogP contribution is -2.61. The van der Waals surface area contributed by atoms with E-state index in [0.29, 0.717) is 17.6 Å². The first-order valence-corrected chi connectivity index (χ1v) is 12.8. The van der Waals surface area contributed by atoms with E-state index in [1.54, 1.807) is 18.5 Å². The highest BCUT2D eigenvalue weighted by atomic mass is 16.3. The van der Waals surface area contributed by atoms with Gasteiger partial charge in [-0.05, 0) is 48.6 Å². The molecule has 1 saturated carbocycles. The first-order valence-electron chi connectivity index (χ1n) is 12.8. The molecule has 3 heterocycles. The standard InChI is InChI=1S/C28H36N6O4/c1-26(2,3)22(33-25(37)28(6,7)38)24(36)34-14-17-19(27(17,4)5)21(34)23(35)32-18(11-29)16-13-30-12-15-9-8-10-31-20(15)16/h8-10,12-13,17-19,21-22,38H,14H2,1-7H3,(H,32,35)(H,33,37)/t17-,18?,19-,21-,22?/m0/s1. The largest absolute Gasteiger partial charge is 0.381 e. The Morgan fingerprint density at radius 1 is 1.18 bits per heavy atom. The third-order valence-corrected chi connectivity index (χ3v) is 7.97. The third-order valence-electron chi connectivity index (χ3n) is 7.97. The van der Waals surface area contributed by atoms with Crippen LogP contribution in [0, 0.1) is 34.0 Å². The minimum atomic E-state index is -1.67. The van der Waals surface area contributed by atoms with E-state index in [-0.39, 0.29) is 23.2 Å². The molecular formula is C28H36N6O4. The molecule has 1 aliphatic carbocycles. The molecule has 5 atom stereocenters. The van der Waals surface area contributed by atoms with Gasteiger partial charge in [0.2, 0.25) is 11.8 Å². The predicted octanol–water partition coefficient (Wildman–Crippen LogP) is 2.10. The molecule has 38 heavy (non-hydrogen) atoms. The van der Waals surface area contributed by atoms with Gasteiger partial charge in [0.15, 0.2) is 0 Å². The number of fused-ring (bicyclic) bond motifs is 2. The van der Waals surface area contributed by atoms with Gasteiger partial charge in [-0.3, -0.25) is 24.4 Å². The number of hydrogen-bond donors (Lipinski definition) is 3. The monoisotopic (exact) mass is 520 g/mol. The van der Waals surface area contributed by atoms with E-state index in [9.17, 15) is 24.8 Å². The number of amides is 3. The van der Waals surface area contributed by atoms with Crippen LogP contribution >= 0.6 is 0 Å². The fraction of sp³-hybridized carbons (Fsp3) is 0.571. The Morgan fingerprint density at radius 3 is 2.47 bits per heavy atom. The van der Waals surface area contributed by atoms with Crippen molar-refractivity contribution in [2.75, 3.05) is 6.54 Å². The SMILES string of the molecule is CC(C)(O)C(=O)NC(C(=O)N1C[C@H]2[C@@H]([C@H]1C(=O)NC(C#N)c1cncc3cccnc13)C2(C)C)C(C)(C)C. The molecule has 1 aliphatic heterocycles. The van der Waals surface area contributed by atoms with Crippen LogP contribution in [0.2, 0.25) is 0 Å². The lowest BCUT2D eigenvalue weighted by molar-refractivity contribution is -0.148. The number of hydrogen-bond acceptors (Lipinski definition) is 7. The molecule has 10 nitrogen and oxygen atoms in total. The smallest absolute Gasteiger partial charge is 0.252 e. The third kappa shape index (κ3) is 4.83. The number of nitrogens with zero attached hydrogens (tertiary/aromatic N) is 4. The van der Waals surface area contributed by atoms with E-state index in [1.165, 1.54) is 24.9 Å². The van der Waals surface area contributed by atoms with Crippen molar-refractivity contribution < 1.29 is 19.5 Å². The number of aliphatic hydroxyl groups is 1. The molecule has 0 radical (unpaired) electrons. The summed E-state index contributed by atoms with van der Waals surface area (Å²) in [6.45, 7) is 12.7. The molecule has 0 bridgehead atoms. The second-order valence-electron chi connectivity index (χ2n) is 12.6. The lowest BCUT2D eigenvalue weighted by atomic mass is 9.84. The summed E-state index contributed by atoms with van der Waals surface area (Å²) in [6, 6.07) is 2.97. The molecule has 1 saturated heterocycles. The second kappa shape index (κ2) is 9.31. The van der Waals surface area contributed by atoms with Crippen LogP contribution in [0.3, 0.4) is 0 Å². The summed E-state index contributed by atoms with van der Waals surface area (Å²) in [4.78, 5) is 50.4. The van der Waals surface area contributed by atoms with Crippen LogP contribution in [-0.2, 0) is 14.4 Å². The Bertz CT molecular complexity index is 1310. The van der Waals surface area contributed by atoms with Crippen LogP contribution in [0.1, 0.15) is 60.1 Å². The highest BCUT2D eigenvalue weighted by Crippen LogP contribution is 2.65. The van der Waals surface area contributed by atoms with Crippen molar-refractivity contribution in [3.05, 3.63) is 36.3 Å². The van der Waals surface area contributed by atoms with Crippen LogP contribution in [0.15, 0.2) is 30.7 Å². The number of nitriles is 1. The first-order chi connectivity index (χ1) is 17.6. The fourth-order valence-corrected chi connectivity index (χ4v) is 5.58. The molecule has 202 valence electrons. The zero-order chi connectivity index (χ0) is 28.2. The normalized spacial score (nSPS) is 23.7. The van der Waals surface area contributed by atoms with Crippen LogP contribution in [0.4, 0.5) is 0 Å². The van der Waals surface area contributed by atoms with Gasteiger partial charge in [0, 0.05) is 36.1 Å². The van der Waals surface area contributed by atoms with Crippen LogP contribution in [0.5, 0.6) is 0 Å². The summed E-state index contributed by atoms with van der Waals surface area (Å²) in [7, 11) is 0. The summed E-state index contributed by atoms with van der Waals surface area (Å²) in [5, 5.41) is 26.4. The Kier molecular flexibility index (Phi) is 6.73. The summed E-state index contributed by atoms with van der Waals surface area (Å²) >= 11 is 0. The van der Waals surface area contributed by atoms with E-state index >= 15 is 0 Å². The molecule has 2 aromatic heterocycles. The van der Waals surface area contributed by atoms with Crippen LogP contribution in [0.25, 0.3) is 10.9 Å². The highest BCUT2D eigenvalue weighted by Gasteiger charge is 2.69. The highest BCUT2D eigenvalue weighted by molar-refractivity contribution is 5.95. The van der Waals surface area contributed by atoms with E-state index in [0.717, 1.165) is 5.39 Å². The molecule has 0 spiro atoms. The molecule has 2 unspecified atom stereocenters. The van der Waals surface area contributed by atoms with Crippen molar-refractivity contribution in [3.63, 3.8) is 0 Å². The van der Waals surface area contributed by atoms with Gasteiger partial charge in [0.25, 0.3) is 5.91 Å². The maximum atomic E-state index is 13.9. The van der Waals surface area contributed by atoms with Crippen LogP contribution < -0.4 is 10.6 Å². The number of rotatable bonds is 6. The first kappa shape index (κ1) is 27.5. The van der Waals surface area contributed by atoms with Crippen molar-refractivity contribution in [1.29, 1.82) is 5.26 Å². The molecule has 0 aromatic carbocycles. The van der Waals surface area contributed by atoms with Crippen LogP contribution in [-0.4, -0.2) is 61.9 Å². The molecular weight excluding hydrogens is 484 g/mol. The van der Waals surface area contributed by atoms with E-state index in [1.807, 2.05) is 26.8 Å². The van der Waals surface area contributed by atoms with Gasteiger partial charge in [-0.2, -0.15) is 5.26 Å². The number of pyridine rings is 2. The van der Waals surface area contributed by atoms with Gasteiger partial charge in [-0.25, -0.2) is 0 Å². The van der Waals surface area contributed by atoms with E-state index < -0.39 is 41.0 Å². The zero-order valence-corrected chi connectivity index (χ0v) is 22.9. The minimum absolute atomic E-state index is 0.0832. The van der Waals surface area contributed by atoms with Gasteiger partial charge >= 0.3 is 0 Å². The lowest BCUT2D eigenvalue weighted by Gasteiger charge is -2.38. The van der Waals surface area contributed by atoms with Crippen molar-refractivity contribution in [2.45, 2.75) is 72.2 Å². The van der Waals surface area contributed by atoms with Crippen molar-refractivity contribution >= 4 is 28.6 Å². The Balaban J connectivity index is 1.63. The Hall–Kier alpha value is -3.58. The summed E-state index contributed by atoms with van der Waals surface area (Å²) in [5.74, 6) is -1.45. The average Bonchev–Trinajstić information content (AvgIpc) is 3.16.